The third-order valence-electron chi connectivity index (χ3n) is 2.91. The molecule has 0 aromatic heterocycles. The standard InChI is InChI=1S/C11H16N2O3S.H2O/c1-9-3-2-4-10(17(14,15)16)11(9)13-7-5-12-6-8-13;/h2-4,12H,5-8H2,1H3,(H,14,15,16);1H2. The van der Waals surface area contributed by atoms with Crippen molar-refractivity contribution in [3.8, 4) is 0 Å². The molecule has 0 aliphatic carbocycles. The predicted octanol–water partition coefficient (Wildman–Crippen LogP) is -0.173. The number of benzene rings is 1. The summed E-state index contributed by atoms with van der Waals surface area (Å²) in [7, 11) is -4.17. The smallest absolute Gasteiger partial charge is 0.296 e. The highest BCUT2D eigenvalue weighted by Gasteiger charge is 2.22. The summed E-state index contributed by atoms with van der Waals surface area (Å²) in [6.07, 6.45) is 0. The van der Waals surface area contributed by atoms with Crippen LogP contribution in [-0.4, -0.2) is 44.6 Å². The van der Waals surface area contributed by atoms with Crippen molar-refractivity contribution in [2.75, 3.05) is 31.1 Å². The first-order valence-corrected chi connectivity index (χ1v) is 6.97. The van der Waals surface area contributed by atoms with Crippen molar-refractivity contribution in [3.05, 3.63) is 23.8 Å². The van der Waals surface area contributed by atoms with E-state index >= 15 is 0 Å². The van der Waals surface area contributed by atoms with Crippen molar-refractivity contribution in [3.63, 3.8) is 0 Å². The Morgan fingerprint density at radius 1 is 1.28 bits per heavy atom. The van der Waals surface area contributed by atoms with Crippen molar-refractivity contribution < 1.29 is 18.4 Å². The molecule has 7 heteroatoms. The Bertz CT molecular complexity index is 510. The van der Waals surface area contributed by atoms with E-state index in [9.17, 15) is 13.0 Å². The van der Waals surface area contributed by atoms with E-state index in [4.69, 9.17) is 0 Å². The molecule has 1 saturated heterocycles. The van der Waals surface area contributed by atoms with Gasteiger partial charge in [-0.05, 0) is 18.6 Å². The lowest BCUT2D eigenvalue weighted by Gasteiger charge is -2.31. The fraction of sp³-hybridized carbons (Fsp3) is 0.455. The maximum Gasteiger partial charge on any atom is 0.296 e. The van der Waals surface area contributed by atoms with Gasteiger partial charge in [0.15, 0.2) is 0 Å². The van der Waals surface area contributed by atoms with Crippen LogP contribution in [0.15, 0.2) is 23.1 Å². The fourth-order valence-corrected chi connectivity index (χ4v) is 2.92. The fourth-order valence-electron chi connectivity index (χ4n) is 2.13. The first kappa shape index (κ1) is 14.9. The number of nitrogens with one attached hydrogen (secondary N) is 1. The number of aryl methyl sites for hydroxylation is 1. The number of hydrogen-bond acceptors (Lipinski definition) is 4. The maximum atomic E-state index is 11.4. The summed E-state index contributed by atoms with van der Waals surface area (Å²) in [6.45, 7) is 4.98. The molecule has 1 aliphatic rings. The van der Waals surface area contributed by atoms with Crippen LogP contribution in [0.5, 0.6) is 0 Å². The molecule has 1 heterocycles. The third kappa shape index (κ3) is 2.99. The molecule has 0 atom stereocenters. The summed E-state index contributed by atoms with van der Waals surface area (Å²) < 4.78 is 32.0. The molecule has 1 aromatic rings. The molecule has 2 rings (SSSR count). The highest BCUT2D eigenvalue weighted by Crippen LogP contribution is 2.29. The zero-order valence-electron chi connectivity index (χ0n) is 10.2. The SMILES string of the molecule is Cc1cccc(S(=O)(=O)O)c1N1CCNCC1.O. The minimum absolute atomic E-state index is 0. The Morgan fingerprint density at radius 3 is 2.44 bits per heavy atom. The Labute approximate surface area is 107 Å². The molecule has 1 aromatic carbocycles. The van der Waals surface area contributed by atoms with Gasteiger partial charge in [-0.2, -0.15) is 8.42 Å². The van der Waals surface area contributed by atoms with E-state index in [-0.39, 0.29) is 10.4 Å². The van der Waals surface area contributed by atoms with Crippen LogP contribution in [0.25, 0.3) is 0 Å². The molecule has 0 amide bonds. The van der Waals surface area contributed by atoms with E-state index < -0.39 is 10.1 Å². The first-order chi connectivity index (χ1) is 8.00. The van der Waals surface area contributed by atoms with Crippen LogP contribution < -0.4 is 10.2 Å². The van der Waals surface area contributed by atoms with Crippen molar-refractivity contribution in [2.45, 2.75) is 11.8 Å². The van der Waals surface area contributed by atoms with Gasteiger partial charge < -0.3 is 15.7 Å². The average Bonchev–Trinajstić information content (AvgIpc) is 2.28. The Balaban J connectivity index is 0.00000162. The minimum atomic E-state index is -4.17. The van der Waals surface area contributed by atoms with Gasteiger partial charge in [0.1, 0.15) is 4.90 Å². The average molecular weight is 274 g/mol. The lowest BCUT2D eigenvalue weighted by atomic mass is 10.1. The number of nitrogens with zero attached hydrogens (tertiary/aromatic N) is 1. The Morgan fingerprint density at radius 2 is 1.89 bits per heavy atom. The van der Waals surface area contributed by atoms with Crippen LogP contribution in [0.3, 0.4) is 0 Å². The van der Waals surface area contributed by atoms with E-state index in [0.717, 1.165) is 31.7 Å². The number of piperazine rings is 1. The van der Waals surface area contributed by atoms with Gasteiger partial charge in [-0.1, -0.05) is 12.1 Å². The monoisotopic (exact) mass is 274 g/mol. The molecule has 102 valence electrons. The molecule has 6 nitrogen and oxygen atoms in total. The molecule has 0 unspecified atom stereocenters. The van der Waals surface area contributed by atoms with E-state index in [1.807, 2.05) is 17.9 Å². The van der Waals surface area contributed by atoms with Gasteiger partial charge in [0.2, 0.25) is 0 Å². The topological polar surface area (TPSA) is 101 Å². The van der Waals surface area contributed by atoms with Crippen LogP contribution in [0.4, 0.5) is 5.69 Å². The summed E-state index contributed by atoms with van der Waals surface area (Å²) in [4.78, 5) is 1.99. The number of anilines is 1. The molecular weight excluding hydrogens is 256 g/mol. The zero-order valence-corrected chi connectivity index (χ0v) is 11.0. The summed E-state index contributed by atoms with van der Waals surface area (Å²) in [5.41, 5.74) is 1.48. The molecule has 1 aliphatic heterocycles. The lowest BCUT2D eigenvalue weighted by molar-refractivity contribution is 0.482. The van der Waals surface area contributed by atoms with E-state index in [1.54, 1.807) is 6.07 Å². The minimum Gasteiger partial charge on any atom is -0.412 e. The third-order valence-corrected chi connectivity index (χ3v) is 3.80. The van der Waals surface area contributed by atoms with Crippen LogP contribution in [0.2, 0.25) is 0 Å². The quantitative estimate of drug-likeness (QED) is 0.729. The Hall–Kier alpha value is -1.15. The second-order valence-corrected chi connectivity index (χ2v) is 5.52. The number of rotatable bonds is 2. The molecule has 1 fully saturated rings. The van der Waals surface area contributed by atoms with Gasteiger partial charge >= 0.3 is 0 Å². The van der Waals surface area contributed by atoms with Crippen molar-refractivity contribution in [1.82, 2.24) is 5.32 Å². The van der Waals surface area contributed by atoms with E-state index in [2.05, 4.69) is 5.32 Å². The molecule has 18 heavy (non-hydrogen) atoms. The summed E-state index contributed by atoms with van der Waals surface area (Å²) in [5, 5.41) is 3.21. The van der Waals surface area contributed by atoms with Crippen LogP contribution in [0, 0.1) is 6.92 Å². The van der Waals surface area contributed by atoms with Crippen molar-refractivity contribution in [2.24, 2.45) is 0 Å². The van der Waals surface area contributed by atoms with Crippen molar-refractivity contribution >= 4 is 15.8 Å². The van der Waals surface area contributed by atoms with E-state index in [1.165, 1.54) is 6.07 Å². The highest BCUT2D eigenvalue weighted by molar-refractivity contribution is 7.86. The summed E-state index contributed by atoms with van der Waals surface area (Å²) >= 11 is 0. The van der Waals surface area contributed by atoms with Gasteiger partial charge in [-0.3, -0.25) is 4.55 Å². The van der Waals surface area contributed by atoms with Gasteiger partial charge in [0.05, 0.1) is 5.69 Å². The van der Waals surface area contributed by atoms with Gasteiger partial charge in [-0.15, -0.1) is 0 Å². The van der Waals surface area contributed by atoms with Crippen molar-refractivity contribution in [1.29, 1.82) is 0 Å². The van der Waals surface area contributed by atoms with Crippen LogP contribution >= 0.6 is 0 Å². The largest absolute Gasteiger partial charge is 0.412 e. The number of para-hydroxylation sites is 1. The van der Waals surface area contributed by atoms with Gasteiger partial charge in [0, 0.05) is 26.2 Å². The van der Waals surface area contributed by atoms with Crippen LogP contribution in [0.1, 0.15) is 5.56 Å². The van der Waals surface area contributed by atoms with Crippen LogP contribution in [-0.2, 0) is 10.1 Å². The van der Waals surface area contributed by atoms with E-state index in [0.29, 0.717) is 5.69 Å². The first-order valence-electron chi connectivity index (χ1n) is 5.53. The lowest BCUT2D eigenvalue weighted by Crippen LogP contribution is -2.44. The predicted molar refractivity (Wildman–Crippen MR) is 69.7 cm³/mol. The molecular formula is C11H18N2O4S. The van der Waals surface area contributed by atoms with Gasteiger partial charge in [0.25, 0.3) is 10.1 Å². The number of hydrogen-bond donors (Lipinski definition) is 2. The highest BCUT2D eigenvalue weighted by atomic mass is 32.2. The van der Waals surface area contributed by atoms with Gasteiger partial charge in [-0.25, -0.2) is 0 Å². The normalized spacial score (nSPS) is 16.2. The second-order valence-electron chi connectivity index (χ2n) is 4.13. The molecule has 0 spiro atoms. The molecule has 0 saturated carbocycles. The molecule has 4 N–H and O–H groups in total. The summed E-state index contributed by atoms with van der Waals surface area (Å²) in [5.74, 6) is 0. The maximum absolute atomic E-state index is 11.4. The summed E-state index contributed by atoms with van der Waals surface area (Å²) in [6, 6.07) is 4.94. The molecule has 0 radical (unpaired) electrons. The second kappa shape index (κ2) is 5.66. The molecule has 0 bridgehead atoms. The Kier molecular flexibility index (Phi) is 4.69. The zero-order chi connectivity index (χ0) is 12.5.